The van der Waals surface area contributed by atoms with E-state index in [0.717, 1.165) is 51.3 Å². The molecule has 2 aromatic heterocycles. The highest BCUT2D eigenvalue weighted by Crippen LogP contribution is 2.29. The van der Waals surface area contributed by atoms with Gasteiger partial charge in [-0.1, -0.05) is 54.6 Å². The molecule has 0 aliphatic rings. The fraction of sp³-hybridized carbons (Fsp3) is 0.200. The lowest BCUT2D eigenvalue weighted by Gasteiger charge is -2.13. The van der Waals surface area contributed by atoms with Gasteiger partial charge in [-0.2, -0.15) is 0 Å². The molecule has 7 heteroatoms. The number of nitrogens with zero attached hydrogens (tertiary/aromatic N) is 3. The average Bonchev–Trinajstić information content (AvgIpc) is 3.24. The number of thiazole rings is 1. The van der Waals surface area contributed by atoms with Crippen molar-refractivity contribution in [2.24, 2.45) is 0 Å². The van der Waals surface area contributed by atoms with E-state index in [1.807, 2.05) is 61.7 Å². The van der Waals surface area contributed by atoms with Gasteiger partial charge >= 0.3 is 0 Å². The molecule has 4 rings (SSSR count). The summed E-state index contributed by atoms with van der Waals surface area (Å²) in [5.74, 6) is 1.49. The molecule has 4 aromatic rings. The normalized spacial score (nSPS) is 10.7. The van der Waals surface area contributed by atoms with Crippen LogP contribution in [0.15, 0.2) is 60.0 Å². The van der Waals surface area contributed by atoms with Gasteiger partial charge in [-0.25, -0.2) is 15.0 Å². The minimum absolute atomic E-state index is 0.0360. The lowest BCUT2D eigenvalue weighted by atomic mass is 10.0. The van der Waals surface area contributed by atoms with Crippen molar-refractivity contribution in [3.63, 3.8) is 0 Å². The number of hydrogen-bond acceptors (Lipinski definition) is 6. The zero-order valence-electron chi connectivity index (χ0n) is 18.3. The predicted molar refractivity (Wildman–Crippen MR) is 129 cm³/mol. The van der Waals surface area contributed by atoms with Crippen LogP contribution in [0.3, 0.4) is 0 Å². The summed E-state index contributed by atoms with van der Waals surface area (Å²) in [4.78, 5) is 25.1. The zero-order valence-corrected chi connectivity index (χ0v) is 19.2. The summed E-state index contributed by atoms with van der Waals surface area (Å²) < 4.78 is 0. The monoisotopic (exact) mass is 443 g/mol. The van der Waals surface area contributed by atoms with Crippen LogP contribution in [-0.2, 0) is 17.8 Å². The summed E-state index contributed by atoms with van der Waals surface area (Å²) in [6.45, 7) is 5.97. The Kier molecular flexibility index (Phi) is 6.56. The number of amides is 1. The van der Waals surface area contributed by atoms with E-state index >= 15 is 0 Å². The lowest BCUT2D eigenvalue weighted by molar-refractivity contribution is -0.119. The van der Waals surface area contributed by atoms with Gasteiger partial charge in [0.15, 0.2) is 5.13 Å². The average molecular weight is 444 g/mol. The standard InChI is InChI=1S/C25H25N5OS/c1-16-22(13-19-7-5-4-6-8-19)24(28-17(2)27-16)30-25-29-23(15-32-25)21-11-9-20(10-12-21)14-26-18(3)31/h4-12,15H,13-14H2,1-3H3,(H,26,31)(H,27,28,29,30). The molecule has 0 bridgehead atoms. The molecule has 0 unspecified atom stereocenters. The number of aryl methyl sites for hydroxylation is 2. The van der Waals surface area contributed by atoms with E-state index in [1.54, 1.807) is 11.3 Å². The molecule has 162 valence electrons. The van der Waals surface area contributed by atoms with Crippen LogP contribution >= 0.6 is 11.3 Å². The van der Waals surface area contributed by atoms with Crippen LogP contribution in [0.25, 0.3) is 11.3 Å². The van der Waals surface area contributed by atoms with Gasteiger partial charge < -0.3 is 10.6 Å². The van der Waals surface area contributed by atoms with Gasteiger partial charge in [-0.15, -0.1) is 11.3 Å². The van der Waals surface area contributed by atoms with Crippen molar-refractivity contribution < 1.29 is 4.79 Å². The van der Waals surface area contributed by atoms with Crippen molar-refractivity contribution in [3.8, 4) is 11.3 Å². The van der Waals surface area contributed by atoms with Crippen molar-refractivity contribution in [1.29, 1.82) is 0 Å². The summed E-state index contributed by atoms with van der Waals surface area (Å²) in [6, 6.07) is 18.4. The summed E-state index contributed by atoms with van der Waals surface area (Å²) in [5, 5.41) is 9.04. The highest BCUT2D eigenvalue weighted by Gasteiger charge is 2.13. The molecule has 0 radical (unpaired) electrons. The molecule has 0 spiro atoms. The Morgan fingerprint density at radius 1 is 0.938 bits per heavy atom. The Morgan fingerprint density at radius 3 is 2.41 bits per heavy atom. The summed E-state index contributed by atoms with van der Waals surface area (Å²) >= 11 is 1.54. The Hall–Kier alpha value is -3.58. The Morgan fingerprint density at radius 2 is 1.69 bits per heavy atom. The van der Waals surface area contributed by atoms with Crippen LogP contribution in [0.4, 0.5) is 10.9 Å². The highest BCUT2D eigenvalue weighted by molar-refractivity contribution is 7.14. The maximum absolute atomic E-state index is 11.1. The SMILES string of the molecule is CC(=O)NCc1ccc(-c2csc(Nc3nc(C)nc(C)c3Cc3ccccc3)n2)cc1. The smallest absolute Gasteiger partial charge is 0.217 e. The number of aromatic nitrogens is 3. The van der Waals surface area contributed by atoms with Gasteiger partial charge in [0.1, 0.15) is 11.6 Å². The minimum atomic E-state index is -0.0360. The van der Waals surface area contributed by atoms with Gasteiger partial charge in [0.05, 0.1) is 5.69 Å². The first-order valence-corrected chi connectivity index (χ1v) is 11.3. The minimum Gasteiger partial charge on any atom is -0.352 e. The van der Waals surface area contributed by atoms with Crippen molar-refractivity contribution in [2.45, 2.75) is 33.7 Å². The Labute approximate surface area is 191 Å². The molecule has 2 aromatic carbocycles. The molecule has 6 nitrogen and oxygen atoms in total. The fourth-order valence-corrected chi connectivity index (χ4v) is 4.15. The number of anilines is 2. The van der Waals surface area contributed by atoms with Crippen molar-refractivity contribution in [1.82, 2.24) is 20.3 Å². The molecule has 1 amide bonds. The fourth-order valence-electron chi connectivity index (χ4n) is 3.44. The molecular weight excluding hydrogens is 418 g/mol. The summed E-state index contributed by atoms with van der Waals surface area (Å²) in [5.41, 5.74) is 6.23. The maximum Gasteiger partial charge on any atom is 0.217 e. The molecular formula is C25H25N5OS. The van der Waals surface area contributed by atoms with E-state index in [2.05, 4.69) is 32.7 Å². The number of nitrogens with one attached hydrogen (secondary N) is 2. The molecule has 0 aliphatic heterocycles. The molecule has 32 heavy (non-hydrogen) atoms. The van der Waals surface area contributed by atoms with Crippen LogP contribution in [-0.4, -0.2) is 20.9 Å². The lowest BCUT2D eigenvalue weighted by Crippen LogP contribution is -2.18. The first kappa shape index (κ1) is 21.6. The number of rotatable bonds is 7. The molecule has 0 atom stereocenters. The third kappa shape index (κ3) is 5.36. The molecule has 2 heterocycles. The van der Waals surface area contributed by atoms with E-state index in [1.165, 1.54) is 12.5 Å². The van der Waals surface area contributed by atoms with Crippen molar-refractivity contribution >= 4 is 28.2 Å². The number of carbonyl (C=O) groups excluding carboxylic acids is 1. The van der Waals surface area contributed by atoms with E-state index in [9.17, 15) is 4.79 Å². The van der Waals surface area contributed by atoms with Gasteiger partial charge in [-0.3, -0.25) is 4.79 Å². The molecule has 0 fully saturated rings. The van der Waals surface area contributed by atoms with Gasteiger partial charge in [0.25, 0.3) is 0 Å². The number of benzene rings is 2. The first-order valence-electron chi connectivity index (χ1n) is 10.4. The Balaban J connectivity index is 1.54. The molecule has 0 aliphatic carbocycles. The number of carbonyl (C=O) groups is 1. The quantitative estimate of drug-likeness (QED) is 0.411. The molecule has 2 N–H and O–H groups in total. The predicted octanol–water partition coefficient (Wildman–Crippen LogP) is 5.19. The topological polar surface area (TPSA) is 79.8 Å². The van der Waals surface area contributed by atoms with Crippen molar-refractivity contribution in [3.05, 3.63) is 88.2 Å². The van der Waals surface area contributed by atoms with Crippen LogP contribution < -0.4 is 10.6 Å². The van der Waals surface area contributed by atoms with Crippen LogP contribution in [0.1, 0.15) is 35.1 Å². The van der Waals surface area contributed by atoms with Gasteiger partial charge in [-0.05, 0) is 25.0 Å². The van der Waals surface area contributed by atoms with Crippen LogP contribution in [0, 0.1) is 13.8 Å². The van der Waals surface area contributed by atoms with Crippen LogP contribution in [0.2, 0.25) is 0 Å². The van der Waals surface area contributed by atoms with Crippen LogP contribution in [0.5, 0.6) is 0 Å². The largest absolute Gasteiger partial charge is 0.352 e. The number of hydrogen-bond donors (Lipinski definition) is 2. The van der Waals surface area contributed by atoms with Gasteiger partial charge in [0, 0.05) is 42.1 Å². The second-order valence-corrected chi connectivity index (χ2v) is 8.47. The summed E-state index contributed by atoms with van der Waals surface area (Å²) in [7, 11) is 0. The van der Waals surface area contributed by atoms with E-state index in [-0.39, 0.29) is 5.91 Å². The van der Waals surface area contributed by atoms with Gasteiger partial charge in [0.2, 0.25) is 5.91 Å². The summed E-state index contributed by atoms with van der Waals surface area (Å²) in [6.07, 6.45) is 0.753. The first-order chi connectivity index (χ1) is 15.5. The molecule has 0 saturated carbocycles. The Bertz CT molecular complexity index is 1220. The maximum atomic E-state index is 11.1. The second-order valence-electron chi connectivity index (χ2n) is 7.62. The third-order valence-electron chi connectivity index (χ3n) is 5.07. The molecule has 0 saturated heterocycles. The van der Waals surface area contributed by atoms with Crippen molar-refractivity contribution in [2.75, 3.05) is 5.32 Å². The zero-order chi connectivity index (χ0) is 22.5. The highest BCUT2D eigenvalue weighted by atomic mass is 32.1. The van der Waals surface area contributed by atoms with E-state index < -0.39 is 0 Å². The third-order valence-corrected chi connectivity index (χ3v) is 5.83. The van der Waals surface area contributed by atoms with E-state index in [0.29, 0.717) is 6.54 Å². The second kappa shape index (κ2) is 9.70. The van der Waals surface area contributed by atoms with E-state index in [4.69, 9.17) is 4.98 Å².